The number of amides is 2. The number of nitrogens with zero attached hydrogens (tertiary/aromatic N) is 1. The molecule has 5 nitrogen and oxygen atoms in total. The van der Waals surface area contributed by atoms with Gasteiger partial charge in [-0.25, -0.2) is 0 Å². The molecule has 120 valence electrons. The third kappa shape index (κ3) is 4.56. The maximum absolute atomic E-state index is 12.1. The third-order valence-corrected chi connectivity index (χ3v) is 4.17. The molecule has 3 N–H and O–H groups in total. The average Bonchev–Trinajstić information content (AvgIpc) is 3.00. The van der Waals surface area contributed by atoms with Crippen molar-refractivity contribution in [1.29, 1.82) is 0 Å². The van der Waals surface area contributed by atoms with Gasteiger partial charge in [-0.1, -0.05) is 29.8 Å². The molecule has 1 aliphatic heterocycles. The average molecular weight is 303 g/mol. The molecule has 0 radical (unpaired) electrons. The fraction of sp³-hybridized carbons (Fsp3) is 0.529. The second-order valence-electron chi connectivity index (χ2n) is 5.88. The van der Waals surface area contributed by atoms with Gasteiger partial charge in [-0.05, 0) is 31.7 Å². The van der Waals surface area contributed by atoms with Crippen molar-refractivity contribution in [2.24, 2.45) is 5.73 Å². The molecule has 1 aromatic carbocycles. The quantitative estimate of drug-likeness (QED) is 0.823. The van der Waals surface area contributed by atoms with E-state index in [1.165, 1.54) is 5.56 Å². The summed E-state index contributed by atoms with van der Waals surface area (Å²) in [5.74, 6) is -0.117. The topological polar surface area (TPSA) is 75.4 Å². The number of likely N-dealkylation sites (tertiary alicyclic amines) is 1. The zero-order chi connectivity index (χ0) is 15.9. The Kier molecular flexibility index (Phi) is 5.95. The number of aryl methyl sites for hydroxylation is 2. The molecule has 1 aromatic rings. The van der Waals surface area contributed by atoms with E-state index in [1.54, 1.807) is 4.90 Å². The van der Waals surface area contributed by atoms with E-state index in [4.69, 9.17) is 5.73 Å². The van der Waals surface area contributed by atoms with Crippen LogP contribution in [-0.2, 0) is 16.0 Å². The Hall–Kier alpha value is -1.88. The van der Waals surface area contributed by atoms with Crippen LogP contribution in [0.15, 0.2) is 24.3 Å². The summed E-state index contributed by atoms with van der Waals surface area (Å²) >= 11 is 0. The van der Waals surface area contributed by atoms with Gasteiger partial charge in [-0.2, -0.15) is 0 Å². The summed E-state index contributed by atoms with van der Waals surface area (Å²) in [7, 11) is 0. The summed E-state index contributed by atoms with van der Waals surface area (Å²) in [6.45, 7) is 3.35. The van der Waals surface area contributed by atoms with Crippen molar-refractivity contribution in [2.45, 2.75) is 38.6 Å². The molecule has 22 heavy (non-hydrogen) atoms. The van der Waals surface area contributed by atoms with E-state index in [9.17, 15) is 9.59 Å². The van der Waals surface area contributed by atoms with Gasteiger partial charge in [-0.15, -0.1) is 0 Å². The first kappa shape index (κ1) is 16.5. The van der Waals surface area contributed by atoms with Crippen molar-refractivity contribution in [1.82, 2.24) is 10.2 Å². The van der Waals surface area contributed by atoms with Crippen molar-refractivity contribution in [3.8, 4) is 0 Å². The van der Waals surface area contributed by atoms with Crippen LogP contribution in [0.3, 0.4) is 0 Å². The van der Waals surface area contributed by atoms with Crippen LogP contribution in [0.1, 0.15) is 30.4 Å². The molecule has 2 rings (SSSR count). The lowest BCUT2D eigenvalue weighted by atomic mass is 10.1. The van der Waals surface area contributed by atoms with E-state index in [2.05, 4.69) is 5.32 Å². The first-order valence-corrected chi connectivity index (χ1v) is 7.92. The van der Waals surface area contributed by atoms with Crippen molar-refractivity contribution >= 4 is 11.8 Å². The Bertz CT molecular complexity index is 513. The molecule has 1 atom stereocenters. The van der Waals surface area contributed by atoms with Crippen LogP contribution < -0.4 is 11.1 Å². The number of nitrogens with one attached hydrogen (secondary N) is 1. The van der Waals surface area contributed by atoms with Gasteiger partial charge < -0.3 is 16.0 Å². The SMILES string of the molecule is Cc1ccc(CCC(=O)NCC(=O)N2CCCC2CN)cc1. The van der Waals surface area contributed by atoms with Crippen LogP contribution in [0.4, 0.5) is 0 Å². The van der Waals surface area contributed by atoms with Crippen LogP contribution >= 0.6 is 0 Å². The smallest absolute Gasteiger partial charge is 0.242 e. The number of hydrogen-bond donors (Lipinski definition) is 2. The van der Waals surface area contributed by atoms with Crippen LogP contribution in [0, 0.1) is 6.92 Å². The van der Waals surface area contributed by atoms with E-state index < -0.39 is 0 Å². The third-order valence-electron chi connectivity index (χ3n) is 4.17. The number of carbonyl (C=O) groups is 2. The number of carbonyl (C=O) groups excluding carboxylic acids is 2. The summed E-state index contributed by atoms with van der Waals surface area (Å²) in [6.07, 6.45) is 3.05. The van der Waals surface area contributed by atoms with Gasteiger partial charge in [0.05, 0.1) is 6.54 Å². The van der Waals surface area contributed by atoms with Crippen molar-refractivity contribution < 1.29 is 9.59 Å². The van der Waals surface area contributed by atoms with Gasteiger partial charge in [0.25, 0.3) is 0 Å². The minimum Gasteiger partial charge on any atom is -0.347 e. The molecule has 1 saturated heterocycles. The Morgan fingerprint density at radius 3 is 2.73 bits per heavy atom. The Morgan fingerprint density at radius 2 is 2.05 bits per heavy atom. The van der Waals surface area contributed by atoms with Gasteiger partial charge >= 0.3 is 0 Å². The summed E-state index contributed by atoms with van der Waals surface area (Å²) in [4.78, 5) is 25.7. The lowest BCUT2D eigenvalue weighted by Crippen LogP contribution is -2.45. The summed E-state index contributed by atoms with van der Waals surface area (Å²) in [5, 5.41) is 2.71. The summed E-state index contributed by atoms with van der Waals surface area (Å²) < 4.78 is 0. The number of rotatable bonds is 6. The van der Waals surface area contributed by atoms with Crippen molar-refractivity contribution in [3.63, 3.8) is 0 Å². The molecule has 1 unspecified atom stereocenters. The van der Waals surface area contributed by atoms with E-state index in [0.717, 1.165) is 24.9 Å². The summed E-state index contributed by atoms with van der Waals surface area (Å²) in [6, 6.07) is 8.28. The molecule has 0 saturated carbocycles. The zero-order valence-electron chi connectivity index (χ0n) is 13.2. The zero-order valence-corrected chi connectivity index (χ0v) is 13.2. The van der Waals surface area contributed by atoms with Gasteiger partial charge in [0.2, 0.25) is 11.8 Å². The number of hydrogen-bond acceptors (Lipinski definition) is 3. The first-order valence-electron chi connectivity index (χ1n) is 7.92. The van der Waals surface area contributed by atoms with Gasteiger partial charge in [0.15, 0.2) is 0 Å². The molecule has 0 aliphatic carbocycles. The molecular formula is C17H25N3O2. The van der Waals surface area contributed by atoms with Gasteiger partial charge in [0, 0.05) is 25.6 Å². The lowest BCUT2D eigenvalue weighted by molar-refractivity contribution is -0.133. The van der Waals surface area contributed by atoms with Crippen LogP contribution in [0.5, 0.6) is 0 Å². The molecule has 2 amide bonds. The first-order chi connectivity index (χ1) is 10.6. The molecular weight excluding hydrogens is 278 g/mol. The largest absolute Gasteiger partial charge is 0.347 e. The monoisotopic (exact) mass is 303 g/mol. The maximum atomic E-state index is 12.1. The van der Waals surface area contributed by atoms with E-state index in [-0.39, 0.29) is 24.4 Å². The Morgan fingerprint density at radius 1 is 1.32 bits per heavy atom. The van der Waals surface area contributed by atoms with Crippen LogP contribution in [-0.4, -0.2) is 42.4 Å². The second-order valence-corrected chi connectivity index (χ2v) is 5.88. The molecule has 1 aliphatic rings. The maximum Gasteiger partial charge on any atom is 0.242 e. The lowest BCUT2D eigenvalue weighted by Gasteiger charge is -2.23. The second kappa shape index (κ2) is 7.94. The molecule has 1 fully saturated rings. The van der Waals surface area contributed by atoms with Gasteiger partial charge in [-0.3, -0.25) is 9.59 Å². The van der Waals surface area contributed by atoms with E-state index in [1.807, 2.05) is 31.2 Å². The predicted molar refractivity (Wildman–Crippen MR) is 86.3 cm³/mol. The highest BCUT2D eigenvalue weighted by atomic mass is 16.2. The highest BCUT2D eigenvalue weighted by Crippen LogP contribution is 2.15. The van der Waals surface area contributed by atoms with E-state index in [0.29, 0.717) is 19.4 Å². The van der Waals surface area contributed by atoms with Crippen LogP contribution in [0.25, 0.3) is 0 Å². The molecule has 5 heteroatoms. The highest BCUT2D eigenvalue weighted by Gasteiger charge is 2.27. The minimum absolute atomic E-state index is 0.0309. The van der Waals surface area contributed by atoms with Crippen LogP contribution in [0.2, 0.25) is 0 Å². The standard InChI is InChI=1S/C17H25N3O2/c1-13-4-6-14(7-5-13)8-9-16(21)19-12-17(22)20-10-2-3-15(20)11-18/h4-7,15H,2-3,8-12,18H2,1H3,(H,19,21). The molecule has 1 heterocycles. The fourth-order valence-corrected chi connectivity index (χ4v) is 2.79. The van der Waals surface area contributed by atoms with Crippen molar-refractivity contribution in [3.05, 3.63) is 35.4 Å². The number of nitrogens with two attached hydrogens (primary N) is 1. The normalized spacial score (nSPS) is 17.5. The number of benzene rings is 1. The van der Waals surface area contributed by atoms with E-state index >= 15 is 0 Å². The van der Waals surface area contributed by atoms with Gasteiger partial charge in [0.1, 0.15) is 0 Å². The summed E-state index contributed by atoms with van der Waals surface area (Å²) in [5.41, 5.74) is 8.00. The van der Waals surface area contributed by atoms with Crippen molar-refractivity contribution in [2.75, 3.05) is 19.6 Å². The molecule has 0 aromatic heterocycles. The Labute approximate surface area is 131 Å². The predicted octanol–water partition coefficient (Wildman–Crippen LogP) is 0.994. The Balaban J connectivity index is 1.71. The fourth-order valence-electron chi connectivity index (χ4n) is 2.79. The highest BCUT2D eigenvalue weighted by molar-refractivity contribution is 5.85. The molecule has 0 spiro atoms. The molecule has 0 bridgehead atoms. The minimum atomic E-state index is -0.0857.